The van der Waals surface area contributed by atoms with Crippen LogP contribution >= 0.6 is 11.8 Å². The van der Waals surface area contributed by atoms with Gasteiger partial charge in [-0.1, -0.05) is 24.3 Å². The molecule has 1 aromatic rings. The van der Waals surface area contributed by atoms with Gasteiger partial charge in [-0.25, -0.2) is 4.79 Å². The van der Waals surface area contributed by atoms with Crippen molar-refractivity contribution in [2.75, 3.05) is 24.7 Å². The first-order valence-electron chi connectivity index (χ1n) is 9.08. The monoisotopic (exact) mass is 346 g/mol. The number of amides is 2. The van der Waals surface area contributed by atoms with Gasteiger partial charge in [0.05, 0.1) is 5.60 Å². The van der Waals surface area contributed by atoms with E-state index >= 15 is 0 Å². The van der Waals surface area contributed by atoms with E-state index in [-0.39, 0.29) is 17.7 Å². The first kappa shape index (κ1) is 16.3. The zero-order valence-electron chi connectivity index (χ0n) is 14.1. The van der Waals surface area contributed by atoms with Gasteiger partial charge < -0.3 is 15.4 Å². The van der Waals surface area contributed by atoms with Crippen LogP contribution in [0, 0.1) is 0 Å². The molecule has 2 saturated heterocycles. The van der Waals surface area contributed by atoms with E-state index in [1.54, 1.807) is 0 Å². The maximum absolute atomic E-state index is 12.3. The molecule has 24 heavy (non-hydrogen) atoms. The quantitative estimate of drug-likeness (QED) is 0.884. The molecule has 5 heteroatoms. The molecule has 1 aliphatic carbocycles. The number of hydrogen-bond donors (Lipinski definition) is 2. The van der Waals surface area contributed by atoms with E-state index in [0.717, 1.165) is 51.0 Å². The molecule has 3 aliphatic rings. The number of carbonyl (C=O) groups excluding carboxylic acids is 1. The molecule has 4 rings (SSSR count). The van der Waals surface area contributed by atoms with Crippen LogP contribution in [-0.2, 0) is 11.2 Å². The van der Waals surface area contributed by atoms with Crippen molar-refractivity contribution in [1.82, 2.24) is 10.6 Å². The van der Waals surface area contributed by atoms with Gasteiger partial charge in [-0.2, -0.15) is 11.8 Å². The molecule has 2 aliphatic heterocycles. The summed E-state index contributed by atoms with van der Waals surface area (Å²) in [6.45, 7) is 1.49. The number of carbonyl (C=O) groups is 1. The molecule has 0 unspecified atom stereocenters. The fraction of sp³-hybridized carbons (Fsp3) is 0.632. The number of fused-ring (bicyclic) bond motifs is 1. The zero-order valence-corrected chi connectivity index (χ0v) is 14.9. The summed E-state index contributed by atoms with van der Waals surface area (Å²) >= 11 is 1.97. The highest BCUT2D eigenvalue weighted by atomic mass is 32.2. The smallest absolute Gasteiger partial charge is 0.315 e. The summed E-state index contributed by atoms with van der Waals surface area (Å²) in [6, 6.07) is 8.82. The van der Waals surface area contributed by atoms with Crippen molar-refractivity contribution in [1.29, 1.82) is 0 Å². The summed E-state index contributed by atoms with van der Waals surface area (Å²) in [7, 11) is 0. The zero-order chi connectivity index (χ0) is 16.4. The lowest BCUT2D eigenvalue weighted by atomic mass is 9.90. The van der Waals surface area contributed by atoms with Crippen molar-refractivity contribution in [3.63, 3.8) is 0 Å². The SMILES string of the molecule is O=C(NC[C@@H]1CCc2ccccc21)N[C@@H]1CCO[C@]2(CCSC2)C1. The standard InChI is InChI=1S/C19H26N2O2S/c22-18(20-12-15-6-5-14-3-1-2-4-17(14)15)21-16-7-9-23-19(11-16)8-10-24-13-19/h1-4,15-16H,5-13H2,(H2,20,21,22)/t15-,16+,19+/m0/s1. The molecule has 1 spiro atoms. The molecular weight excluding hydrogens is 320 g/mol. The number of benzene rings is 1. The third-order valence-corrected chi connectivity index (χ3v) is 6.88. The largest absolute Gasteiger partial charge is 0.374 e. The Balaban J connectivity index is 1.27. The first-order chi connectivity index (χ1) is 11.7. The highest BCUT2D eigenvalue weighted by molar-refractivity contribution is 7.99. The van der Waals surface area contributed by atoms with Crippen molar-refractivity contribution in [2.24, 2.45) is 0 Å². The lowest BCUT2D eigenvalue weighted by Crippen LogP contribution is -2.51. The second kappa shape index (κ2) is 6.96. The molecule has 2 amide bonds. The van der Waals surface area contributed by atoms with Gasteiger partial charge in [0.2, 0.25) is 0 Å². The Morgan fingerprint density at radius 3 is 3.12 bits per heavy atom. The fourth-order valence-electron chi connectivity index (χ4n) is 4.32. The van der Waals surface area contributed by atoms with Crippen molar-refractivity contribution in [2.45, 2.75) is 49.7 Å². The van der Waals surface area contributed by atoms with Gasteiger partial charge in [0, 0.05) is 30.9 Å². The van der Waals surface area contributed by atoms with E-state index in [2.05, 4.69) is 34.9 Å². The summed E-state index contributed by atoms with van der Waals surface area (Å²) in [6.07, 6.45) is 5.27. The van der Waals surface area contributed by atoms with E-state index < -0.39 is 0 Å². The van der Waals surface area contributed by atoms with E-state index in [0.29, 0.717) is 5.92 Å². The van der Waals surface area contributed by atoms with Crippen molar-refractivity contribution < 1.29 is 9.53 Å². The molecule has 0 saturated carbocycles. The van der Waals surface area contributed by atoms with E-state index in [1.165, 1.54) is 16.9 Å². The summed E-state index contributed by atoms with van der Waals surface area (Å²) in [5, 5.41) is 6.27. The predicted octanol–water partition coefficient (Wildman–Crippen LogP) is 3.07. The summed E-state index contributed by atoms with van der Waals surface area (Å²) in [5.41, 5.74) is 2.87. The van der Waals surface area contributed by atoms with Crippen molar-refractivity contribution in [3.8, 4) is 0 Å². The average Bonchev–Trinajstić information content (AvgIpc) is 3.20. The van der Waals surface area contributed by atoms with Crippen LogP contribution in [0.1, 0.15) is 42.7 Å². The van der Waals surface area contributed by atoms with Crippen LogP contribution in [0.3, 0.4) is 0 Å². The molecular formula is C19H26N2O2S. The van der Waals surface area contributed by atoms with Gasteiger partial charge >= 0.3 is 6.03 Å². The van der Waals surface area contributed by atoms with Gasteiger partial charge in [0.1, 0.15) is 0 Å². The fourth-order valence-corrected chi connectivity index (χ4v) is 5.70. The van der Waals surface area contributed by atoms with Crippen molar-refractivity contribution >= 4 is 17.8 Å². The molecule has 1 aromatic carbocycles. The minimum Gasteiger partial charge on any atom is -0.374 e. The molecule has 2 N–H and O–H groups in total. The Labute approximate surface area is 148 Å². The number of hydrogen-bond acceptors (Lipinski definition) is 3. The second-order valence-electron chi connectivity index (χ2n) is 7.31. The van der Waals surface area contributed by atoms with E-state index in [9.17, 15) is 4.79 Å². The number of nitrogens with one attached hydrogen (secondary N) is 2. The summed E-state index contributed by atoms with van der Waals surface area (Å²) in [5.74, 6) is 2.71. The number of rotatable bonds is 3. The molecule has 130 valence electrons. The third kappa shape index (κ3) is 3.42. The van der Waals surface area contributed by atoms with Crippen LogP contribution < -0.4 is 10.6 Å². The lowest BCUT2D eigenvalue weighted by Gasteiger charge is -2.38. The van der Waals surface area contributed by atoms with Crippen molar-refractivity contribution in [3.05, 3.63) is 35.4 Å². The normalized spacial score (nSPS) is 31.8. The Morgan fingerprint density at radius 1 is 1.33 bits per heavy atom. The summed E-state index contributed by atoms with van der Waals surface area (Å²) in [4.78, 5) is 12.3. The second-order valence-corrected chi connectivity index (χ2v) is 8.42. The molecule has 2 fully saturated rings. The Morgan fingerprint density at radius 2 is 2.25 bits per heavy atom. The number of aryl methyl sites for hydroxylation is 1. The van der Waals surface area contributed by atoms with Crippen LogP contribution in [0.4, 0.5) is 4.79 Å². The van der Waals surface area contributed by atoms with Gasteiger partial charge in [0.25, 0.3) is 0 Å². The first-order valence-corrected chi connectivity index (χ1v) is 10.2. The lowest BCUT2D eigenvalue weighted by molar-refractivity contribution is -0.0684. The Kier molecular flexibility index (Phi) is 4.72. The van der Waals surface area contributed by atoms with Crippen LogP contribution in [-0.4, -0.2) is 42.3 Å². The van der Waals surface area contributed by atoms with Crippen LogP contribution in [0.2, 0.25) is 0 Å². The molecule has 0 aromatic heterocycles. The highest BCUT2D eigenvalue weighted by Gasteiger charge is 2.40. The predicted molar refractivity (Wildman–Crippen MR) is 97.7 cm³/mol. The van der Waals surface area contributed by atoms with Crippen LogP contribution in [0.5, 0.6) is 0 Å². The Bertz CT molecular complexity index is 601. The maximum atomic E-state index is 12.3. The number of ether oxygens (including phenoxy) is 1. The van der Waals surface area contributed by atoms with Crippen LogP contribution in [0.25, 0.3) is 0 Å². The van der Waals surface area contributed by atoms with Gasteiger partial charge in [-0.3, -0.25) is 0 Å². The Hall–Kier alpha value is -1.20. The van der Waals surface area contributed by atoms with E-state index in [4.69, 9.17) is 4.74 Å². The molecule has 0 radical (unpaired) electrons. The minimum absolute atomic E-state index is 0.0191. The third-order valence-electron chi connectivity index (χ3n) is 5.66. The highest BCUT2D eigenvalue weighted by Crippen LogP contribution is 2.38. The molecule has 3 atom stereocenters. The topological polar surface area (TPSA) is 50.4 Å². The molecule has 4 nitrogen and oxygen atoms in total. The molecule has 0 bridgehead atoms. The average molecular weight is 346 g/mol. The van der Waals surface area contributed by atoms with Crippen LogP contribution in [0.15, 0.2) is 24.3 Å². The number of urea groups is 1. The summed E-state index contributed by atoms with van der Waals surface area (Å²) < 4.78 is 6.03. The van der Waals surface area contributed by atoms with Gasteiger partial charge in [-0.15, -0.1) is 0 Å². The molecule has 2 heterocycles. The van der Waals surface area contributed by atoms with Gasteiger partial charge in [-0.05, 0) is 49.0 Å². The number of thioether (sulfide) groups is 1. The van der Waals surface area contributed by atoms with E-state index in [1.807, 2.05) is 11.8 Å². The minimum atomic E-state index is -0.0212. The maximum Gasteiger partial charge on any atom is 0.315 e. The van der Waals surface area contributed by atoms with Gasteiger partial charge in [0.15, 0.2) is 0 Å².